The fourth-order valence-electron chi connectivity index (χ4n) is 2.98. The highest BCUT2D eigenvalue weighted by atomic mass is 32.1. The van der Waals surface area contributed by atoms with Gasteiger partial charge in [0.15, 0.2) is 5.76 Å². The second kappa shape index (κ2) is 5.72. The predicted molar refractivity (Wildman–Crippen MR) is 88.0 cm³/mol. The number of hydrogen-bond acceptors (Lipinski definition) is 6. The number of carbonyl (C=O) groups is 1. The molecular weight excluding hydrogens is 330 g/mol. The summed E-state index contributed by atoms with van der Waals surface area (Å²) in [6.45, 7) is 0.591. The minimum absolute atomic E-state index is 0.00490. The lowest BCUT2D eigenvalue weighted by Gasteiger charge is -2.21. The largest absolute Gasteiger partial charge is 0.433 e. The number of amides is 1. The number of fused-ring (bicyclic) bond motifs is 1. The number of benzene rings is 1. The van der Waals surface area contributed by atoms with E-state index in [0.29, 0.717) is 6.54 Å². The zero-order valence-electron chi connectivity index (χ0n) is 12.5. The average molecular weight is 343 g/mol. The standard InChI is InChI=1S/C16H13N3O4S/c20-16(12-7-8-14(23-12)19(21)22)18-9-3-5-11(18)15-17-10-4-1-2-6-13(10)24-15/h1-2,4,6-8,11H,3,5,9H2. The van der Waals surface area contributed by atoms with Crippen molar-refractivity contribution in [3.05, 3.63) is 57.3 Å². The van der Waals surface area contributed by atoms with Crippen molar-refractivity contribution in [2.24, 2.45) is 0 Å². The molecule has 122 valence electrons. The quantitative estimate of drug-likeness (QED) is 0.533. The second-order valence-corrected chi connectivity index (χ2v) is 6.63. The van der Waals surface area contributed by atoms with Crippen molar-refractivity contribution < 1.29 is 14.1 Å². The Morgan fingerprint density at radius 2 is 2.17 bits per heavy atom. The van der Waals surface area contributed by atoms with Crippen LogP contribution in [0.1, 0.15) is 34.4 Å². The number of furan rings is 1. The highest BCUT2D eigenvalue weighted by Crippen LogP contribution is 2.37. The molecule has 1 aliphatic rings. The van der Waals surface area contributed by atoms with Crippen LogP contribution in [0.25, 0.3) is 10.2 Å². The normalized spacial score (nSPS) is 17.5. The fraction of sp³-hybridized carbons (Fsp3) is 0.250. The summed E-state index contributed by atoms with van der Waals surface area (Å²) in [5.74, 6) is -0.756. The van der Waals surface area contributed by atoms with Gasteiger partial charge in [-0.05, 0) is 31.0 Å². The summed E-state index contributed by atoms with van der Waals surface area (Å²) in [5.41, 5.74) is 0.922. The summed E-state index contributed by atoms with van der Waals surface area (Å²) in [5, 5.41) is 11.6. The summed E-state index contributed by atoms with van der Waals surface area (Å²) in [6.07, 6.45) is 1.70. The Balaban J connectivity index is 1.64. The molecule has 0 radical (unpaired) electrons. The number of nitro groups is 1. The van der Waals surface area contributed by atoms with Crippen molar-refractivity contribution >= 4 is 33.3 Å². The van der Waals surface area contributed by atoms with Gasteiger partial charge in [0.2, 0.25) is 0 Å². The summed E-state index contributed by atoms with van der Waals surface area (Å²) in [7, 11) is 0. The van der Waals surface area contributed by atoms with E-state index < -0.39 is 10.8 Å². The molecule has 1 atom stereocenters. The predicted octanol–water partition coefficient (Wildman–Crippen LogP) is 3.77. The van der Waals surface area contributed by atoms with Gasteiger partial charge < -0.3 is 9.32 Å². The molecule has 0 saturated carbocycles. The van der Waals surface area contributed by atoms with Crippen molar-refractivity contribution in [3.63, 3.8) is 0 Å². The molecule has 4 rings (SSSR count). The molecule has 1 fully saturated rings. The smallest absolute Gasteiger partial charge is 0.395 e. The molecule has 7 nitrogen and oxygen atoms in total. The maximum absolute atomic E-state index is 12.7. The van der Waals surface area contributed by atoms with Crippen LogP contribution in [-0.4, -0.2) is 27.3 Å². The van der Waals surface area contributed by atoms with Gasteiger partial charge in [-0.1, -0.05) is 12.1 Å². The molecule has 1 amide bonds. The third-order valence-electron chi connectivity index (χ3n) is 4.09. The van der Waals surface area contributed by atoms with Gasteiger partial charge in [0.1, 0.15) is 9.93 Å². The first kappa shape index (κ1) is 14.8. The Morgan fingerprint density at radius 1 is 1.33 bits per heavy atom. The minimum Gasteiger partial charge on any atom is -0.395 e. The lowest BCUT2D eigenvalue weighted by atomic mass is 10.2. The first-order valence-electron chi connectivity index (χ1n) is 7.54. The van der Waals surface area contributed by atoms with Crippen LogP contribution in [0.4, 0.5) is 5.88 Å². The van der Waals surface area contributed by atoms with Gasteiger partial charge in [0, 0.05) is 6.54 Å². The first-order valence-corrected chi connectivity index (χ1v) is 8.36. The van der Waals surface area contributed by atoms with Crippen molar-refractivity contribution in [3.8, 4) is 0 Å². The van der Waals surface area contributed by atoms with Crippen molar-refractivity contribution in [2.75, 3.05) is 6.54 Å². The van der Waals surface area contributed by atoms with Crippen molar-refractivity contribution in [1.29, 1.82) is 0 Å². The van der Waals surface area contributed by atoms with E-state index in [4.69, 9.17) is 4.42 Å². The second-order valence-electron chi connectivity index (χ2n) is 5.57. The molecule has 0 bridgehead atoms. The number of thiazole rings is 1. The molecule has 1 aliphatic heterocycles. The molecule has 1 aromatic carbocycles. The lowest BCUT2D eigenvalue weighted by molar-refractivity contribution is -0.402. The molecule has 0 N–H and O–H groups in total. The van der Waals surface area contributed by atoms with Gasteiger partial charge in [-0.25, -0.2) is 4.98 Å². The van der Waals surface area contributed by atoms with Crippen molar-refractivity contribution in [2.45, 2.75) is 18.9 Å². The number of nitrogens with zero attached hydrogens (tertiary/aromatic N) is 3. The van der Waals surface area contributed by atoms with Gasteiger partial charge >= 0.3 is 5.88 Å². The Labute approximate surface area is 140 Å². The monoisotopic (exact) mass is 343 g/mol. The van der Waals surface area contributed by atoms with Crippen LogP contribution in [0, 0.1) is 10.1 Å². The van der Waals surface area contributed by atoms with Gasteiger partial charge in [0.25, 0.3) is 5.91 Å². The fourth-order valence-corrected chi connectivity index (χ4v) is 4.10. The Bertz CT molecular complexity index is 899. The summed E-state index contributed by atoms with van der Waals surface area (Å²) < 4.78 is 6.14. The van der Waals surface area contributed by atoms with E-state index in [2.05, 4.69) is 4.98 Å². The van der Waals surface area contributed by atoms with Crippen LogP contribution in [0.2, 0.25) is 0 Å². The number of rotatable bonds is 3. The highest BCUT2D eigenvalue weighted by molar-refractivity contribution is 7.18. The Kier molecular flexibility index (Phi) is 3.53. The summed E-state index contributed by atoms with van der Waals surface area (Å²) >= 11 is 1.58. The number of hydrogen-bond donors (Lipinski definition) is 0. The molecule has 8 heteroatoms. The lowest BCUT2D eigenvalue weighted by Crippen LogP contribution is -2.30. The SMILES string of the molecule is O=C(c1ccc([N+](=O)[O-])o1)N1CCCC1c1nc2ccccc2s1. The number of para-hydroxylation sites is 1. The maximum atomic E-state index is 12.7. The highest BCUT2D eigenvalue weighted by Gasteiger charge is 2.34. The molecule has 3 aromatic rings. The molecule has 0 aliphatic carbocycles. The van der Waals surface area contributed by atoms with Crippen LogP contribution in [0.15, 0.2) is 40.8 Å². The van der Waals surface area contributed by atoms with E-state index in [9.17, 15) is 14.9 Å². The van der Waals surface area contributed by atoms with Gasteiger partial charge in [-0.2, -0.15) is 0 Å². The summed E-state index contributed by atoms with van der Waals surface area (Å²) in [4.78, 5) is 29.1. The van der Waals surface area contributed by atoms with E-state index in [1.54, 1.807) is 16.2 Å². The van der Waals surface area contributed by atoms with E-state index in [0.717, 1.165) is 28.1 Å². The van der Waals surface area contributed by atoms with Crippen LogP contribution in [-0.2, 0) is 0 Å². The van der Waals surface area contributed by atoms with E-state index >= 15 is 0 Å². The van der Waals surface area contributed by atoms with Gasteiger partial charge in [-0.3, -0.25) is 14.9 Å². The minimum atomic E-state index is -0.647. The van der Waals surface area contributed by atoms with Crippen LogP contribution < -0.4 is 0 Å². The van der Waals surface area contributed by atoms with Crippen LogP contribution >= 0.6 is 11.3 Å². The van der Waals surface area contributed by atoms with E-state index in [1.165, 1.54) is 12.1 Å². The molecular formula is C16H13N3O4S. The maximum Gasteiger partial charge on any atom is 0.433 e. The molecule has 2 aromatic heterocycles. The molecule has 0 spiro atoms. The average Bonchev–Trinajstić information content (AvgIpc) is 3.30. The van der Waals surface area contributed by atoms with E-state index in [-0.39, 0.29) is 17.7 Å². The zero-order valence-corrected chi connectivity index (χ0v) is 13.4. The molecule has 3 heterocycles. The number of aromatic nitrogens is 1. The first-order chi connectivity index (χ1) is 11.6. The van der Waals surface area contributed by atoms with E-state index in [1.807, 2.05) is 24.3 Å². The van der Waals surface area contributed by atoms with Crippen LogP contribution in [0.3, 0.4) is 0 Å². The zero-order chi connectivity index (χ0) is 16.7. The Morgan fingerprint density at radius 3 is 2.92 bits per heavy atom. The molecule has 1 unspecified atom stereocenters. The third-order valence-corrected chi connectivity index (χ3v) is 5.23. The summed E-state index contributed by atoms with van der Waals surface area (Å²) in [6, 6.07) is 10.3. The topological polar surface area (TPSA) is 89.5 Å². The molecule has 24 heavy (non-hydrogen) atoms. The van der Waals surface area contributed by atoms with Gasteiger partial charge in [0.05, 0.1) is 22.3 Å². The number of likely N-dealkylation sites (tertiary alicyclic amines) is 1. The van der Waals surface area contributed by atoms with Crippen molar-refractivity contribution in [1.82, 2.24) is 9.88 Å². The van der Waals surface area contributed by atoms with Gasteiger partial charge in [-0.15, -0.1) is 11.3 Å². The van der Waals surface area contributed by atoms with Crippen LogP contribution in [0.5, 0.6) is 0 Å². The Hall–Kier alpha value is -2.74. The molecule has 1 saturated heterocycles. The third kappa shape index (κ3) is 2.44. The number of carbonyl (C=O) groups excluding carboxylic acids is 1.